The lowest BCUT2D eigenvalue weighted by atomic mass is 9.90. The minimum atomic E-state index is 0.187. The van der Waals surface area contributed by atoms with Crippen LogP contribution in [0.4, 0.5) is 0 Å². The number of rotatable bonds is 8. The maximum absolute atomic E-state index is 5.19. The van der Waals surface area contributed by atoms with Crippen LogP contribution >= 0.6 is 0 Å². The van der Waals surface area contributed by atoms with Gasteiger partial charge in [0.2, 0.25) is 0 Å². The average Bonchev–Trinajstić information content (AvgIpc) is 2.20. The molecule has 0 rings (SSSR count). The summed E-state index contributed by atoms with van der Waals surface area (Å²) in [6.45, 7) is 19.8. The third kappa shape index (κ3) is 8.90. The first-order valence-electron chi connectivity index (χ1n) is 7.05. The first-order valence-corrected chi connectivity index (χ1v) is 7.05. The summed E-state index contributed by atoms with van der Waals surface area (Å²) in [6, 6.07) is 0.564. The highest BCUT2D eigenvalue weighted by Crippen LogP contribution is 2.18. The Morgan fingerprint density at radius 2 is 1.67 bits per heavy atom. The summed E-state index contributed by atoms with van der Waals surface area (Å²) in [5, 5.41) is 3.60. The molecule has 0 heterocycles. The van der Waals surface area contributed by atoms with Gasteiger partial charge in [-0.2, -0.15) is 0 Å². The lowest BCUT2D eigenvalue weighted by Gasteiger charge is -2.37. The molecule has 0 saturated heterocycles. The van der Waals surface area contributed by atoms with Crippen LogP contribution in [0, 0.1) is 5.41 Å². The molecule has 110 valence electrons. The van der Waals surface area contributed by atoms with Gasteiger partial charge in [0.25, 0.3) is 0 Å². The van der Waals surface area contributed by atoms with E-state index in [-0.39, 0.29) is 11.0 Å². The first kappa shape index (κ1) is 17.9. The van der Waals surface area contributed by atoms with Crippen LogP contribution in [0.25, 0.3) is 0 Å². The van der Waals surface area contributed by atoms with E-state index in [2.05, 4.69) is 58.7 Å². The molecule has 0 aliphatic carbocycles. The van der Waals surface area contributed by atoms with E-state index in [1.54, 1.807) is 7.11 Å². The Morgan fingerprint density at radius 1 is 1.11 bits per heavy atom. The Morgan fingerprint density at radius 3 is 2.06 bits per heavy atom. The number of ether oxygens (including phenoxy) is 1. The monoisotopic (exact) mass is 258 g/mol. The number of methoxy groups -OCH3 is 1. The molecule has 1 N–H and O–H groups in total. The van der Waals surface area contributed by atoms with Gasteiger partial charge in [0.1, 0.15) is 0 Å². The molecule has 3 heteroatoms. The fourth-order valence-corrected chi connectivity index (χ4v) is 1.84. The zero-order valence-corrected chi connectivity index (χ0v) is 13.8. The number of hydrogen-bond donors (Lipinski definition) is 1. The summed E-state index contributed by atoms with van der Waals surface area (Å²) < 4.78 is 5.19. The first-order chi connectivity index (χ1) is 8.07. The van der Waals surface area contributed by atoms with Crippen LogP contribution in [-0.2, 0) is 4.74 Å². The predicted molar refractivity (Wildman–Crippen MR) is 80.1 cm³/mol. The molecule has 0 aromatic heterocycles. The van der Waals surface area contributed by atoms with E-state index in [0.717, 1.165) is 26.2 Å². The molecular formula is C15H34N2O. The molecule has 18 heavy (non-hydrogen) atoms. The van der Waals surface area contributed by atoms with Crippen molar-refractivity contribution in [1.29, 1.82) is 0 Å². The highest BCUT2D eigenvalue weighted by Gasteiger charge is 2.24. The molecule has 0 aliphatic heterocycles. The summed E-state index contributed by atoms with van der Waals surface area (Å²) in [7, 11) is 1.77. The molecular weight excluding hydrogens is 224 g/mol. The van der Waals surface area contributed by atoms with Gasteiger partial charge in [0.05, 0.1) is 6.61 Å². The van der Waals surface area contributed by atoms with Crippen molar-refractivity contribution in [3.05, 3.63) is 0 Å². The minimum Gasteiger partial charge on any atom is -0.383 e. The third-order valence-electron chi connectivity index (χ3n) is 3.04. The van der Waals surface area contributed by atoms with E-state index in [4.69, 9.17) is 4.74 Å². The Hall–Kier alpha value is -0.120. The van der Waals surface area contributed by atoms with Crippen molar-refractivity contribution in [1.82, 2.24) is 10.2 Å². The zero-order valence-electron chi connectivity index (χ0n) is 13.8. The second kappa shape index (κ2) is 7.46. The van der Waals surface area contributed by atoms with Gasteiger partial charge >= 0.3 is 0 Å². The average molecular weight is 258 g/mol. The van der Waals surface area contributed by atoms with Crippen molar-refractivity contribution >= 4 is 0 Å². The Labute approximate surface area is 114 Å². The summed E-state index contributed by atoms with van der Waals surface area (Å²) >= 11 is 0. The molecule has 0 bridgehead atoms. The normalized spacial score (nSPS) is 13.7. The molecule has 3 nitrogen and oxygen atoms in total. The van der Waals surface area contributed by atoms with Gasteiger partial charge in [-0.3, -0.25) is 4.90 Å². The molecule has 0 fully saturated rings. The highest BCUT2D eigenvalue weighted by molar-refractivity contribution is 4.81. The summed E-state index contributed by atoms with van der Waals surface area (Å²) in [6.07, 6.45) is 0. The van der Waals surface area contributed by atoms with Gasteiger partial charge in [0, 0.05) is 38.3 Å². The lowest BCUT2D eigenvalue weighted by Crippen LogP contribution is -2.48. The van der Waals surface area contributed by atoms with E-state index >= 15 is 0 Å². The van der Waals surface area contributed by atoms with Crippen LogP contribution in [0.15, 0.2) is 0 Å². The summed E-state index contributed by atoms with van der Waals surface area (Å²) in [4.78, 5) is 2.49. The van der Waals surface area contributed by atoms with E-state index in [0.29, 0.717) is 6.04 Å². The van der Waals surface area contributed by atoms with Gasteiger partial charge in [-0.1, -0.05) is 13.8 Å². The second-order valence-corrected chi connectivity index (χ2v) is 7.32. The fraction of sp³-hybridized carbons (Fsp3) is 1.00. The fourth-order valence-electron chi connectivity index (χ4n) is 1.84. The number of nitrogens with one attached hydrogen (secondary N) is 1. The van der Waals surface area contributed by atoms with Crippen LogP contribution in [0.2, 0.25) is 0 Å². The van der Waals surface area contributed by atoms with Gasteiger partial charge in [-0.15, -0.1) is 0 Å². The lowest BCUT2D eigenvalue weighted by molar-refractivity contribution is 0.0934. The standard InChI is InChI=1S/C15H34N2O/c1-13(2)17(9-10-18-8)12-15(6,7)11-16-14(3,4)5/h13,16H,9-12H2,1-8H3. The van der Waals surface area contributed by atoms with E-state index in [1.165, 1.54) is 0 Å². The second-order valence-electron chi connectivity index (χ2n) is 7.32. The molecule has 0 unspecified atom stereocenters. The molecule has 0 aliphatic rings. The maximum atomic E-state index is 5.19. The molecule has 0 saturated carbocycles. The van der Waals surface area contributed by atoms with Crippen molar-refractivity contribution in [2.24, 2.45) is 5.41 Å². The minimum absolute atomic E-state index is 0.187. The Bertz CT molecular complexity index is 219. The highest BCUT2D eigenvalue weighted by atomic mass is 16.5. The van der Waals surface area contributed by atoms with E-state index in [9.17, 15) is 0 Å². The molecule has 0 amide bonds. The van der Waals surface area contributed by atoms with Crippen LogP contribution in [0.5, 0.6) is 0 Å². The molecule has 0 atom stereocenters. The zero-order chi connectivity index (χ0) is 14.4. The summed E-state index contributed by atoms with van der Waals surface area (Å²) in [5.41, 5.74) is 0.456. The van der Waals surface area contributed by atoms with Gasteiger partial charge in [-0.25, -0.2) is 0 Å². The molecule has 0 radical (unpaired) electrons. The van der Waals surface area contributed by atoms with Gasteiger partial charge < -0.3 is 10.1 Å². The Kier molecular flexibility index (Phi) is 7.41. The van der Waals surface area contributed by atoms with Crippen LogP contribution in [-0.4, -0.2) is 49.8 Å². The van der Waals surface area contributed by atoms with Crippen molar-refractivity contribution in [2.45, 2.75) is 60.0 Å². The van der Waals surface area contributed by atoms with Crippen molar-refractivity contribution in [3.63, 3.8) is 0 Å². The van der Waals surface area contributed by atoms with Crippen LogP contribution in [0.1, 0.15) is 48.5 Å². The van der Waals surface area contributed by atoms with Crippen LogP contribution in [0.3, 0.4) is 0 Å². The topological polar surface area (TPSA) is 24.5 Å². The maximum Gasteiger partial charge on any atom is 0.0589 e. The van der Waals surface area contributed by atoms with E-state index in [1.807, 2.05) is 0 Å². The van der Waals surface area contributed by atoms with Crippen LogP contribution < -0.4 is 5.32 Å². The summed E-state index contributed by atoms with van der Waals surface area (Å²) in [5.74, 6) is 0. The predicted octanol–water partition coefficient (Wildman–Crippen LogP) is 2.76. The molecule has 0 spiro atoms. The third-order valence-corrected chi connectivity index (χ3v) is 3.04. The molecule has 0 aromatic rings. The Balaban J connectivity index is 4.31. The largest absolute Gasteiger partial charge is 0.383 e. The van der Waals surface area contributed by atoms with Gasteiger partial charge in [0.15, 0.2) is 0 Å². The van der Waals surface area contributed by atoms with Crippen molar-refractivity contribution in [3.8, 4) is 0 Å². The van der Waals surface area contributed by atoms with E-state index < -0.39 is 0 Å². The SMILES string of the molecule is COCCN(CC(C)(C)CNC(C)(C)C)C(C)C. The van der Waals surface area contributed by atoms with Crippen molar-refractivity contribution in [2.75, 3.05) is 33.4 Å². The van der Waals surface area contributed by atoms with Gasteiger partial charge in [-0.05, 0) is 40.0 Å². The quantitative estimate of drug-likeness (QED) is 0.724. The molecule has 0 aromatic carbocycles. The van der Waals surface area contributed by atoms with Crippen molar-refractivity contribution < 1.29 is 4.74 Å². The number of hydrogen-bond acceptors (Lipinski definition) is 3. The number of nitrogens with zero attached hydrogens (tertiary/aromatic N) is 1. The smallest absolute Gasteiger partial charge is 0.0589 e.